The Bertz CT molecular complexity index is 657. The first-order valence-corrected chi connectivity index (χ1v) is 8.55. The van der Waals surface area contributed by atoms with Crippen LogP contribution in [0.4, 0.5) is 5.69 Å². The maximum Gasteiger partial charge on any atom is 0.265 e. The number of methoxy groups -OCH3 is 1. The van der Waals surface area contributed by atoms with Crippen LogP contribution in [0, 0.1) is 0 Å². The molecule has 1 N–H and O–H groups in total. The first-order chi connectivity index (χ1) is 10.2. The number of carbonyl (C=O) groups is 1. The Hall–Kier alpha value is -1.33. The molecule has 110 valence electrons. The Balaban J connectivity index is 1.83. The summed E-state index contributed by atoms with van der Waals surface area (Å²) in [5.41, 5.74) is 2.03. The highest BCUT2D eigenvalue weighted by Crippen LogP contribution is 2.32. The molecule has 0 radical (unpaired) electrons. The summed E-state index contributed by atoms with van der Waals surface area (Å²) in [7, 11) is 1.60. The van der Waals surface area contributed by atoms with E-state index in [4.69, 9.17) is 4.74 Å². The zero-order valence-corrected chi connectivity index (χ0v) is 14.1. The Morgan fingerprint density at radius 1 is 1.29 bits per heavy atom. The predicted octanol–water partition coefficient (Wildman–Crippen LogP) is 4.65. The topological polar surface area (TPSA) is 38.3 Å². The van der Waals surface area contributed by atoms with Gasteiger partial charge in [-0.25, -0.2) is 0 Å². The third kappa shape index (κ3) is 3.14. The van der Waals surface area contributed by atoms with E-state index in [2.05, 4.69) is 21.2 Å². The van der Waals surface area contributed by atoms with Crippen molar-refractivity contribution in [3.05, 3.63) is 44.1 Å². The number of anilines is 1. The molecule has 0 saturated carbocycles. The number of carbonyl (C=O) groups excluding carboxylic acids is 1. The fourth-order valence-corrected chi connectivity index (χ4v) is 4.07. The van der Waals surface area contributed by atoms with Crippen LogP contribution in [0.1, 0.15) is 33.0 Å². The van der Waals surface area contributed by atoms with E-state index in [0.29, 0.717) is 11.4 Å². The second kappa shape index (κ2) is 6.20. The van der Waals surface area contributed by atoms with E-state index < -0.39 is 0 Å². The molecule has 1 amide bonds. The molecule has 0 aliphatic heterocycles. The lowest BCUT2D eigenvalue weighted by molar-refractivity contribution is 0.103. The number of halogens is 1. The van der Waals surface area contributed by atoms with Crippen molar-refractivity contribution in [2.75, 3.05) is 12.4 Å². The van der Waals surface area contributed by atoms with Crippen molar-refractivity contribution >= 4 is 38.9 Å². The van der Waals surface area contributed by atoms with Crippen molar-refractivity contribution in [1.29, 1.82) is 0 Å². The van der Waals surface area contributed by atoms with E-state index in [1.54, 1.807) is 18.4 Å². The molecule has 21 heavy (non-hydrogen) atoms. The molecule has 0 bridgehead atoms. The van der Waals surface area contributed by atoms with Gasteiger partial charge in [0.05, 0.1) is 17.7 Å². The molecule has 1 aromatic carbocycles. The van der Waals surface area contributed by atoms with Crippen molar-refractivity contribution in [3.8, 4) is 5.75 Å². The minimum Gasteiger partial charge on any atom is -0.495 e. The summed E-state index contributed by atoms with van der Waals surface area (Å²) in [6.45, 7) is 0. The van der Waals surface area contributed by atoms with Crippen molar-refractivity contribution in [1.82, 2.24) is 0 Å². The molecule has 0 unspecified atom stereocenters. The molecule has 1 heterocycles. The number of amides is 1. The van der Waals surface area contributed by atoms with Gasteiger partial charge in [0.2, 0.25) is 0 Å². The molecule has 3 nitrogen and oxygen atoms in total. The highest BCUT2D eigenvalue weighted by molar-refractivity contribution is 9.10. The fourth-order valence-electron chi connectivity index (χ4n) is 2.56. The molecule has 0 fully saturated rings. The molecule has 0 atom stereocenters. The first kappa shape index (κ1) is 14.6. The Morgan fingerprint density at radius 3 is 2.86 bits per heavy atom. The van der Waals surface area contributed by atoms with Gasteiger partial charge in [-0.3, -0.25) is 4.79 Å². The first-order valence-electron chi connectivity index (χ1n) is 6.94. The van der Waals surface area contributed by atoms with Gasteiger partial charge in [-0.15, -0.1) is 11.3 Å². The van der Waals surface area contributed by atoms with Gasteiger partial charge in [0.25, 0.3) is 5.91 Å². The van der Waals surface area contributed by atoms with Crippen molar-refractivity contribution < 1.29 is 9.53 Å². The van der Waals surface area contributed by atoms with Crippen LogP contribution in [-0.4, -0.2) is 13.0 Å². The number of nitrogens with one attached hydrogen (secondary N) is 1. The largest absolute Gasteiger partial charge is 0.495 e. The van der Waals surface area contributed by atoms with E-state index in [1.807, 2.05) is 24.3 Å². The molecule has 2 aromatic rings. The number of aryl methyl sites for hydroxylation is 2. The quantitative estimate of drug-likeness (QED) is 0.859. The number of rotatable bonds is 3. The molecule has 1 aromatic heterocycles. The summed E-state index contributed by atoms with van der Waals surface area (Å²) in [6, 6.07) is 7.61. The number of fused-ring (bicyclic) bond motifs is 1. The monoisotopic (exact) mass is 365 g/mol. The molecule has 1 aliphatic carbocycles. The van der Waals surface area contributed by atoms with E-state index in [0.717, 1.165) is 22.2 Å². The smallest absolute Gasteiger partial charge is 0.265 e. The Morgan fingerprint density at radius 2 is 2.10 bits per heavy atom. The third-order valence-electron chi connectivity index (χ3n) is 3.63. The van der Waals surface area contributed by atoms with E-state index in [9.17, 15) is 4.79 Å². The lowest BCUT2D eigenvalue weighted by Gasteiger charge is -2.09. The zero-order valence-electron chi connectivity index (χ0n) is 11.7. The van der Waals surface area contributed by atoms with Crippen LogP contribution >= 0.6 is 27.3 Å². The molecule has 5 heteroatoms. The van der Waals surface area contributed by atoms with Gasteiger partial charge in [0.15, 0.2) is 0 Å². The lowest BCUT2D eigenvalue weighted by atomic mass is 9.99. The minimum atomic E-state index is -0.0641. The van der Waals surface area contributed by atoms with Crippen LogP contribution in [0.25, 0.3) is 0 Å². The normalized spacial score (nSPS) is 13.6. The van der Waals surface area contributed by atoms with Gasteiger partial charge in [-0.1, -0.05) is 15.9 Å². The van der Waals surface area contributed by atoms with Crippen LogP contribution in [0.15, 0.2) is 28.7 Å². The predicted molar refractivity (Wildman–Crippen MR) is 89.6 cm³/mol. The molecular formula is C16H16BrNO2S. The van der Waals surface area contributed by atoms with Gasteiger partial charge in [-0.2, -0.15) is 0 Å². The van der Waals surface area contributed by atoms with Crippen molar-refractivity contribution in [2.45, 2.75) is 25.7 Å². The van der Waals surface area contributed by atoms with Crippen molar-refractivity contribution in [3.63, 3.8) is 0 Å². The Kier molecular flexibility index (Phi) is 4.31. The Labute approximate surface area is 136 Å². The summed E-state index contributed by atoms with van der Waals surface area (Å²) in [5, 5.41) is 2.94. The molecule has 1 aliphatic rings. The van der Waals surface area contributed by atoms with Crippen LogP contribution in [0.5, 0.6) is 5.75 Å². The molecular weight excluding hydrogens is 350 g/mol. The SMILES string of the molecule is COc1ccc(Br)cc1NC(=O)c1cc2c(s1)CCCC2. The number of thiophene rings is 1. The van der Waals surface area contributed by atoms with Crippen LogP contribution in [0.3, 0.4) is 0 Å². The fraction of sp³-hybridized carbons (Fsp3) is 0.312. The summed E-state index contributed by atoms with van der Waals surface area (Å²) in [6.07, 6.45) is 4.66. The van der Waals surface area contributed by atoms with E-state index in [1.165, 1.54) is 23.3 Å². The standard InChI is InChI=1S/C16H16BrNO2S/c1-20-13-7-6-11(17)9-12(13)18-16(19)15-8-10-4-2-3-5-14(10)21-15/h6-9H,2-5H2,1H3,(H,18,19). The van der Waals surface area contributed by atoms with Crippen molar-refractivity contribution in [2.24, 2.45) is 0 Å². The number of benzene rings is 1. The number of hydrogen-bond donors (Lipinski definition) is 1. The second-order valence-corrected chi connectivity index (χ2v) is 7.12. The number of hydrogen-bond acceptors (Lipinski definition) is 3. The van der Waals surface area contributed by atoms with Gasteiger partial charge < -0.3 is 10.1 Å². The van der Waals surface area contributed by atoms with E-state index >= 15 is 0 Å². The summed E-state index contributed by atoms with van der Waals surface area (Å²) in [4.78, 5) is 14.6. The zero-order chi connectivity index (χ0) is 14.8. The van der Waals surface area contributed by atoms with Gasteiger partial charge in [0.1, 0.15) is 5.75 Å². The highest BCUT2D eigenvalue weighted by atomic mass is 79.9. The maximum atomic E-state index is 12.4. The average molecular weight is 366 g/mol. The summed E-state index contributed by atoms with van der Waals surface area (Å²) < 4.78 is 6.19. The van der Waals surface area contributed by atoms with Gasteiger partial charge in [-0.05, 0) is 55.5 Å². The van der Waals surface area contributed by atoms with Crippen LogP contribution < -0.4 is 10.1 Å². The van der Waals surface area contributed by atoms with Crippen LogP contribution in [0.2, 0.25) is 0 Å². The average Bonchev–Trinajstić information content (AvgIpc) is 2.91. The third-order valence-corrected chi connectivity index (χ3v) is 5.36. The molecule has 3 rings (SSSR count). The minimum absolute atomic E-state index is 0.0641. The molecule has 0 spiro atoms. The number of ether oxygens (including phenoxy) is 1. The molecule has 0 saturated heterocycles. The lowest BCUT2D eigenvalue weighted by Crippen LogP contribution is -2.11. The maximum absolute atomic E-state index is 12.4. The summed E-state index contributed by atoms with van der Waals surface area (Å²) in [5.74, 6) is 0.596. The highest BCUT2D eigenvalue weighted by Gasteiger charge is 2.18. The van der Waals surface area contributed by atoms with Gasteiger partial charge >= 0.3 is 0 Å². The second-order valence-electron chi connectivity index (χ2n) is 5.06. The van der Waals surface area contributed by atoms with Gasteiger partial charge in [0, 0.05) is 9.35 Å². The summed E-state index contributed by atoms with van der Waals surface area (Å²) >= 11 is 5.03. The van der Waals surface area contributed by atoms with E-state index in [-0.39, 0.29) is 5.91 Å². The van der Waals surface area contributed by atoms with Crippen LogP contribution in [-0.2, 0) is 12.8 Å².